The third-order valence-corrected chi connectivity index (χ3v) is 7.37. The van der Waals surface area contributed by atoms with Crippen molar-refractivity contribution in [1.82, 2.24) is 15.5 Å². The van der Waals surface area contributed by atoms with Crippen molar-refractivity contribution in [2.45, 2.75) is 77.5 Å². The van der Waals surface area contributed by atoms with E-state index in [1.165, 1.54) is 0 Å². The minimum atomic E-state index is -0.895. The van der Waals surface area contributed by atoms with Crippen LogP contribution in [0.25, 0.3) is 10.8 Å². The van der Waals surface area contributed by atoms with Gasteiger partial charge in [-0.1, -0.05) is 63.2 Å². The summed E-state index contributed by atoms with van der Waals surface area (Å²) in [5, 5.41) is 8.52. The number of hydrogen-bond acceptors (Lipinski definition) is 5. The second-order valence-electron chi connectivity index (χ2n) is 11.4. The monoisotopic (exact) mass is 560 g/mol. The molecule has 1 heterocycles. The molecule has 0 radical (unpaired) electrons. The fourth-order valence-electron chi connectivity index (χ4n) is 5.13. The summed E-state index contributed by atoms with van der Waals surface area (Å²) in [6.45, 7) is 9.57. The normalized spacial score (nSPS) is 17.8. The zero-order valence-electron chi connectivity index (χ0n) is 23.9. The van der Waals surface area contributed by atoms with Crippen LogP contribution in [0.3, 0.4) is 0 Å². The van der Waals surface area contributed by atoms with Crippen LogP contribution in [0.4, 0.5) is 0 Å². The minimum absolute atomic E-state index is 0. The zero-order chi connectivity index (χ0) is 27.9. The topological polar surface area (TPSA) is 114 Å². The van der Waals surface area contributed by atoms with Crippen molar-refractivity contribution in [2.75, 3.05) is 26.7 Å². The van der Waals surface area contributed by atoms with Crippen LogP contribution in [-0.2, 0) is 19.1 Å². The number of nitrogens with zero attached hydrogens (tertiary/aromatic N) is 1. The van der Waals surface area contributed by atoms with E-state index in [4.69, 9.17) is 10.5 Å². The maximum absolute atomic E-state index is 13.5. The molecular formula is C30H45ClN4O4. The quantitative estimate of drug-likeness (QED) is 0.342. The van der Waals surface area contributed by atoms with Crippen LogP contribution >= 0.6 is 12.4 Å². The predicted octanol–water partition coefficient (Wildman–Crippen LogP) is 3.76. The van der Waals surface area contributed by atoms with E-state index in [1.54, 1.807) is 12.0 Å². The Morgan fingerprint density at radius 1 is 1.13 bits per heavy atom. The third kappa shape index (κ3) is 8.65. The zero-order valence-corrected chi connectivity index (χ0v) is 24.7. The smallest absolute Gasteiger partial charge is 0.243 e. The van der Waals surface area contributed by atoms with Crippen molar-refractivity contribution in [1.29, 1.82) is 0 Å². The van der Waals surface area contributed by atoms with Crippen LogP contribution in [0.15, 0.2) is 42.5 Å². The number of fused-ring (bicyclic) bond motifs is 1. The Morgan fingerprint density at radius 3 is 2.46 bits per heavy atom. The van der Waals surface area contributed by atoms with Crippen LogP contribution in [0.1, 0.15) is 64.9 Å². The third-order valence-electron chi connectivity index (χ3n) is 7.37. The molecule has 9 heteroatoms. The van der Waals surface area contributed by atoms with E-state index in [0.29, 0.717) is 19.4 Å². The van der Waals surface area contributed by atoms with Crippen molar-refractivity contribution >= 4 is 40.9 Å². The number of carbonyl (C=O) groups excluding carboxylic acids is 3. The number of nitrogens with one attached hydrogen (secondary N) is 2. The van der Waals surface area contributed by atoms with Crippen molar-refractivity contribution in [3.8, 4) is 0 Å². The SMILES string of the molecule is CO[C@H](C)CNCCCC(c1ccc2ccccc2c1)C(NC(=O)C1CCCN1C(=O)C(C)(C)C)C(N)=O.Cl. The first kappa shape index (κ1) is 32.5. The molecule has 216 valence electrons. The van der Waals surface area contributed by atoms with E-state index in [1.807, 2.05) is 64.1 Å². The first-order chi connectivity index (χ1) is 18.0. The number of benzene rings is 2. The van der Waals surface area contributed by atoms with E-state index in [2.05, 4.69) is 16.7 Å². The van der Waals surface area contributed by atoms with Gasteiger partial charge in [-0.2, -0.15) is 0 Å². The first-order valence-electron chi connectivity index (χ1n) is 13.7. The maximum atomic E-state index is 13.5. The number of primary amides is 1. The van der Waals surface area contributed by atoms with Gasteiger partial charge in [0.25, 0.3) is 0 Å². The van der Waals surface area contributed by atoms with Crippen molar-refractivity contribution in [2.24, 2.45) is 11.1 Å². The van der Waals surface area contributed by atoms with E-state index in [9.17, 15) is 14.4 Å². The highest BCUT2D eigenvalue weighted by molar-refractivity contribution is 5.93. The van der Waals surface area contributed by atoms with Crippen molar-refractivity contribution in [3.63, 3.8) is 0 Å². The number of methoxy groups -OCH3 is 1. The van der Waals surface area contributed by atoms with Crippen LogP contribution in [0, 0.1) is 5.41 Å². The molecule has 1 saturated heterocycles. The molecule has 8 nitrogen and oxygen atoms in total. The molecule has 3 unspecified atom stereocenters. The molecule has 1 aliphatic rings. The predicted molar refractivity (Wildman–Crippen MR) is 158 cm³/mol. The number of hydrogen-bond donors (Lipinski definition) is 3. The van der Waals surface area contributed by atoms with Gasteiger partial charge in [0.1, 0.15) is 12.1 Å². The summed E-state index contributed by atoms with van der Waals surface area (Å²) in [7, 11) is 1.68. The van der Waals surface area contributed by atoms with Gasteiger partial charge in [-0.15, -0.1) is 12.4 Å². The molecule has 2 aromatic carbocycles. The average molecular weight is 561 g/mol. The number of carbonyl (C=O) groups is 3. The molecule has 2 aromatic rings. The summed E-state index contributed by atoms with van der Waals surface area (Å²) < 4.78 is 5.30. The second kappa shape index (κ2) is 14.6. The highest BCUT2D eigenvalue weighted by atomic mass is 35.5. The second-order valence-corrected chi connectivity index (χ2v) is 11.4. The molecule has 1 fully saturated rings. The van der Waals surface area contributed by atoms with Gasteiger partial charge in [-0.05, 0) is 55.5 Å². The fourth-order valence-corrected chi connectivity index (χ4v) is 5.13. The number of rotatable bonds is 12. The minimum Gasteiger partial charge on any atom is -0.380 e. The summed E-state index contributed by atoms with van der Waals surface area (Å²) in [4.78, 5) is 41.0. The molecule has 4 atom stereocenters. The number of likely N-dealkylation sites (tertiary alicyclic amines) is 1. The van der Waals surface area contributed by atoms with Crippen LogP contribution in [0.5, 0.6) is 0 Å². The lowest BCUT2D eigenvalue weighted by Crippen LogP contribution is -2.55. The molecule has 0 spiro atoms. The van der Waals surface area contributed by atoms with Gasteiger partial charge < -0.3 is 26.0 Å². The van der Waals surface area contributed by atoms with Crippen LogP contribution in [-0.4, -0.2) is 67.6 Å². The summed E-state index contributed by atoms with van der Waals surface area (Å²) >= 11 is 0. The van der Waals surface area contributed by atoms with E-state index < -0.39 is 23.4 Å². The Hall–Kier alpha value is -2.68. The van der Waals surface area contributed by atoms with Gasteiger partial charge in [0, 0.05) is 31.5 Å². The summed E-state index contributed by atoms with van der Waals surface area (Å²) in [5.74, 6) is -1.27. The molecule has 4 N–H and O–H groups in total. The Kier molecular flexibility index (Phi) is 12.2. The molecule has 1 aliphatic heterocycles. The first-order valence-corrected chi connectivity index (χ1v) is 13.7. The molecule has 0 aromatic heterocycles. The van der Waals surface area contributed by atoms with Crippen LogP contribution in [0.2, 0.25) is 0 Å². The summed E-state index contributed by atoms with van der Waals surface area (Å²) in [6, 6.07) is 12.7. The van der Waals surface area contributed by atoms with Gasteiger partial charge in [-0.25, -0.2) is 0 Å². The Labute approximate surface area is 238 Å². The van der Waals surface area contributed by atoms with E-state index in [-0.39, 0.29) is 36.2 Å². The Morgan fingerprint density at radius 2 is 1.82 bits per heavy atom. The summed E-state index contributed by atoms with van der Waals surface area (Å²) in [6.07, 6.45) is 2.86. The molecular weight excluding hydrogens is 516 g/mol. The molecule has 0 bridgehead atoms. The molecule has 39 heavy (non-hydrogen) atoms. The van der Waals surface area contributed by atoms with Gasteiger partial charge in [0.2, 0.25) is 17.7 Å². The lowest BCUT2D eigenvalue weighted by atomic mass is 9.85. The standard InChI is InChI=1S/C30H44N4O4.ClH/c1-20(38-5)19-32-16-8-12-24(23-15-14-21-10-6-7-11-22(21)18-23)26(27(31)35)33-28(36)25-13-9-17-34(25)29(37)30(2,3)4;/h6-7,10-11,14-15,18,20,24-26,32H,8-9,12-13,16-17,19H2,1-5H3,(H2,31,35)(H,33,36);1H/t20-,24?,25?,26?;/m1./s1. The van der Waals surface area contributed by atoms with Crippen LogP contribution < -0.4 is 16.4 Å². The van der Waals surface area contributed by atoms with E-state index in [0.717, 1.165) is 42.3 Å². The number of halogens is 1. The highest BCUT2D eigenvalue weighted by Crippen LogP contribution is 2.30. The van der Waals surface area contributed by atoms with E-state index >= 15 is 0 Å². The molecule has 0 saturated carbocycles. The largest absolute Gasteiger partial charge is 0.380 e. The highest BCUT2D eigenvalue weighted by Gasteiger charge is 2.40. The fraction of sp³-hybridized carbons (Fsp3) is 0.567. The molecule has 0 aliphatic carbocycles. The number of nitrogens with two attached hydrogens (primary N) is 1. The summed E-state index contributed by atoms with van der Waals surface area (Å²) in [5.41, 5.74) is 6.28. The lowest BCUT2D eigenvalue weighted by molar-refractivity contribution is -0.145. The van der Waals surface area contributed by atoms with Gasteiger partial charge in [-0.3, -0.25) is 14.4 Å². The molecule has 3 amide bonds. The molecule has 3 rings (SSSR count). The van der Waals surface area contributed by atoms with Crippen molar-refractivity contribution < 1.29 is 19.1 Å². The van der Waals surface area contributed by atoms with Gasteiger partial charge in [0.05, 0.1) is 6.10 Å². The van der Waals surface area contributed by atoms with Gasteiger partial charge >= 0.3 is 0 Å². The number of amides is 3. The maximum Gasteiger partial charge on any atom is 0.243 e. The van der Waals surface area contributed by atoms with Crippen molar-refractivity contribution in [3.05, 3.63) is 48.0 Å². The Balaban J connectivity index is 0.00000533. The average Bonchev–Trinajstić information content (AvgIpc) is 3.38. The lowest BCUT2D eigenvalue weighted by Gasteiger charge is -2.32. The number of ether oxygens (including phenoxy) is 1. The Bertz CT molecular complexity index is 1120. The van der Waals surface area contributed by atoms with Gasteiger partial charge in [0.15, 0.2) is 0 Å².